The van der Waals surface area contributed by atoms with Gasteiger partial charge in [-0.3, -0.25) is 4.21 Å². The second-order valence-electron chi connectivity index (χ2n) is 4.82. The molecular weight excluding hydrogens is 246 g/mol. The molecule has 0 saturated heterocycles. The van der Waals surface area contributed by atoms with E-state index in [9.17, 15) is 9.32 Å². The zero-order chi connectivity index (χ0) is 13.5. The first-order valence-electron chi connectivity index (χ1n) is 6.32. The van der Waals surface area contributed by atoms with Gasteiger partial charge in [-0.1, -0.05) is 12.1 Å². The van der Waals surface area contributed by atoms with Gasteiger partial charge in [-0.2, -0.15) is 0 Å². The molecule has 102 valence electrons. The first-order valence-corrected chi connectivity index (χ1v) is 7.94. The second kappa shape index (κ2) is 7.54. The van der Waals surface area contributed by atoms with Crippen LogP contribution in [-0.2, 0) is 17.2 Å². The lowest BCUT2D eigenvalue weighted by Gasteiger charge is -2.16. The SMILES string of the molecule is CC(CCc1ccc(O)cc1)NCC(C)S(C)=O. The molecule has 3 nitrogen and oxygen atoms in total. The Kier molecular flexibility index (Phi) is 6.36. The van der Waals surface area contributed by atoms with Crippen LogP contribution in [0.3, 0.4) is 0 Å². The lowest BCUT2D eigenvalue weighted by atomic mass is 10.1. The third-order valence-electron chi connectivity index (χ3n) is 3.12. The van der Waals surface area contributed by atoms with Gasteiger partial charge in [-0.25, -0.2) is 0 Å². The zero-order valence-corrected chi connectivity index (χ0v) is 12.2. The standard InChI is InChI=1S/C14H23NO2S/c1-11(15-10-12(2)18(3)17)4-5-13-6-8-14(16)9-7-13/h6-9,11-12,15-16H,4-5,10H2,1-3H3. The first-order chi connectivity index (χ1) is 8.49. The van der Waals surface area contributed by atoms with Crippen LogP contribution in [0.15, 0.2) is 24.3 Å². The lowest BCUT2D eigenvalue weighted by molar-refractivity contribution is 0.474. The molecule has 0 aliphatic heterocycles. The van der Waals surface area contributed by atoms with E-state index in [1.165, 1.54) is 5.56 Å². The smallest absolute Gasteiger partial charge is 0.115 e. The summed E-state index contributed by atoms with van der Waals surface area (Å²) >= 11 is 0. The molecular formula is C14H23NO2S. The zero-order valence-electron chi connectivity index (χ0n) is 11.3. The molecule has 0 spiro atoms. The Morgan fingerprint density at radius 1 is 1.28 bits per heavy atom. The van der Waals surface area contributed by atoms with Crippen LogP contribution in [0.4, 0.5) is 0 Å². The molecule has 0 bridgehead atoms. The summed E-state index contributed by atoms with van der Waals surface area (Å²) in [6.07, 6.45) is 3.76. The Hall–Kier alpha value is -0.870. The number of phenols is 1. The van der Waals surface area contributed by atoms with Crippen LogP contribution in [0.1, 0.15) is 25.8 Å². The molecule has 1 rings (SSSR count). The van der Waals surface area contributed by atoms with E-state index < -0.39 is 10.8 Å². The van der Waals surface area contributed by atoms with Crippen molar-refractivity contribution in [3.63, 3.8) is 0 Å². The van der Waals surface area contributed by atoms with Crippen LogP contribution < -0.4 is 5.32 Å². The van der Waals surface area contributed by atoms with Gasteiger partial charge in [-0.05, 0) is 44.4 Å². The minimum atomic E-state index is -0.760. The number of aromatic hydroxyl groups is 1. The summed E-state index contributed by atoms with van der Waals surface area (Å²) in [5, 5.41) is 12.8. The fourth-order valence-corrected chi connectivity index (χ4v) is 1.96. The number of benzene rings is 1. The molecule has 0 aliphatic rings. The van der Waals surface area contributed by atoms with Crippen molar-refractivity contribution in [2.45, 2.75) is 38.0 Å². The van der Waals surface area contributed by atoms with Crippen molar-refractivity contribution in [3.8, 4) is 5.75 Å². The Morgan fingerprint density at radius 3 is 2.44 bits per heavy atom. The summed E-state index contributed by atoms with van der Waals surface area (Å²) in [6.45, 7) is 4.93. The van der Waals surface area contributed by atoms with E-state index in [4.69, 9.17) is 0 Å². The minimum absolute atomic E-state index is 0.195. The molecule has 2 N–H and O–H groups in total. The summed E-state index contributed by atoms with van der Waals surface area (Å²) in [7, 11) is -0.760. The van der Waals surface area contributed by atoms with Crippen molar-refractivity contribution in [3.05, 3.63) is 29.8 Å². The molecule has 3 unspecified atom stereocenters. The molecule has 0 aliphatic carbocycles. The van der Waals surface area contributed by atoms with Crippen molar-refractivity contribution in [1.29, 1.82) is 0 Å². The van der Waals surface area contributed by atoms with E-state index in [0.29, 0.717) is 11.8 Å². The maximum Gasteiger partial charge on any atom is 0.115 e. The molecule has 3 atom stereocenters. The van der Waals surface area contributed by atoms with Crippen molar-refractivity contribution in [2.24, 2.45) is 0 Å². The predicted molar refractivity (Wildman–Crippen MR) is 77.4 cm³/mol. The average Bonchev–Trinajstić information content (AvgIpc) is 2.35. The fraction of sp³-hybridized carbons (Fsp3) is 0.571. The Labute approximate surface area is 112 Å². The molecule has 0 amide bonds. The van der Waals surface area contributed by atoms with Gasteiger partial charge < -0.3 is 10.4 Å². The highest BCUT2D eigenvalue weighted by molar-refractivity contribution is 7.84. The van der Waals surface area contributed by atoms with Crippen LogP contribution in [0.2, 0.25) is 0 Å². The quantitative estimate of drug-likeness (QED) is 0.796. The van der Waals surface area contributed by atoms with Crippen LogP contribution in [-0.4, -0.2) is 33.4 Å². The highest BCUT2D eigenvalue weighted by Gasteiger charge is 2.08. The van der Waals surface area contributed by atoms with Gasteiger partial charge in [0.1, 0.15) is 5.75 Å². The van der Waals surface area contributed by atoms with Gasteiger partial charge in [0, 0.05) is 34.9 Å². The van der Waals surface area contributed by atoms with E-state index in [1.807, 2.05) is 19.1 Å². The summed E-state index contributed by atoms with van der Waals surface area (Å²) in [4.78, 5) is 0. The van der Waals surface area contributed by atoms with Crippen LogP contribution in [0, 0.1) is 0 Å². The number of aryl methyl sites for hydroxylation is 1. The van der Waals surface area contributed by atoms with Gasteiger partial charge in [0.25, 0.3) is 0 Å². The highest BCUT2D eigenvalue weighted by atomic mass is 32.2. The number of hydrogen-bond donors (Lipinski definition) is 2. The van der Waals surface area contributed by atoms with Gasteiger partial charge in [0.05, 0.1) is 0 Å². The van der Waals surface area contributed by atoms with Crippen molar-refractivity contribution in [2.75, 3.05) is 12.8 Å². The Morgan fingerprint density at radius 2 is 1.89 bits per heavy atom. The minimum Gasteiger partial charge on any atom is -0.508 e. The fourth-order valence-electron chi connectivity index (χ4n) is 1.63. The highest BCUT2D eigenvalue weighted by Crippen LogP contribution is 2.11. The van der Waals surface area contributed by atoms with E-state index >= 15 is 0 Å². The molecule has 0 radical (unpaired) electrons. The predicted octanol–water partition coefficient (Wildman–Crippen LogP) is 2.07. The molecule has 0 saturated carbocycles. The van der Waals surface area contributed by atoms with Crippen molar-refractivity contribution in [1.82, 2.24) is 5.32 Å². The summed E-state index contributed by atoms with van der Waals surface area (Å²) in [5.41, 5.74) is 1.23. The summed E-state index contributed by atoms with van der Waals surface area (Å²) in [5.74, 6) is 0.309. The molecule has 0 heterocycles. The molecule has 0 aromatic heterocycles. The molecule has 4 heteroatoms. The maximum absolute atomic E-state index is 11.2. The van der Waals surface area contributed by atoms with Crippen LogP contribution in [0.25, 0.3) is 0 Å². The van der Waals surface area contributed by atoms with E-state index in [-0.39, 0.29) is 5.25 Å². The largest absolute Gasteiger partial charge is 0.508 e. The van der Waals surface area contributed by atoms with Crippen molar-refractivity contribution < 1.29 is 9.32 Å². The third-order valence-corrected chi connectivity index (χ3v) is 4.42. The molecule has 1 aromatic carbocycles. The van der Waals surface area contributed by atoms with Crippen LogP contribution in [0.5, 0.6) is 5.75 Å². The van der Waals surface area contributed by atoms with Crippen LogP contribution >= 0.6 is 0 Å². The number of rotatable bonds is 7. The Bertz CT molecular complexity index is 378. The molecule has 18 heavy (non-hydrogen) atoms. The normalized spacial score (nSPS) is 16.2. The second-order valence-corrected chi connectivity index (χ2v) is 6.63. The lowest BCUT2D eigenvalue weighted by Crippen LogP contribution is -2.34. The first kappa shape index (κ1) is 15.2. The Balaban J connectivity index is 2.26. The van der Waals surface area contributed by atoms with Gasteiger partial charge in [-0.15, -0.1) is 0 Å². The molecule has 1 aromatic rings. The molecule has 0 fully saturated rings. The number of hydrogen-bond acceptors (Lipinski definition) is 3. The van der Waals surface area contributed by atoms with E-state index in [2.05, 4.69) is 12.2 Å². The maximum atomic E-state index is 11.2. The summed E-state index contributed by atoms with van der Waals surface area (Å²) in [6, 6.07) is 7.74. The monoisotopic (exact) mass is 269 g/mol. The van der Waals surface area contributed by atoms with Gasteiger partial charge in [0.15, 0.2) is 0 Å². The van der Waals surface area contributed by atoms with E-state index in [0.717, 1.165) is 19.4 Å². The van der Waals surface area contributed by atoms with Crippen molar-refractivity contribution >= 4 is 10.8 Å². The van der Waals surface area contributed by atoms with Gasteiger partial charge in [0.2, 0.25) is 0 Å². The summed E-state index contributed by atoms with van der Waals surface area (Å²) < 4.78 is 11.2. The van der Waals surface area contributed by atoms with Gasteiger partial charge >= 0.3 is 0 Å². The van der Waals surface area contributed by atoms with E-state index in [1.54, 1.807) is 18.4 Å². The topological polar surface area (TPSA) is 49.3 Å². The number of phenolic OH excluding ortho intramolecular Hbond substituents is 1. The average molecular weight is 269 g/mol. The third kappa shape index (κ3) is 5.65. The number of nitrogens with one attached hydrogen (secondary N) is 1.